The topological polar surface area (TPSA) is 60.0 Å². The predicted octanol–water partition coefficient (Wildman–Crippen LogP) is 3.22. The Hall–Kier alpha value is -0.570. The number of guanidine groups is 1. The first kappa shape index (κ1) is 24.7. The van der Waals surface area contributed by atoms with Gasteiger partial charge in [0.2, 0.25) is 5.91 Å². The number of rotatable bonds is 6. The molecule has 1 atom stereocenters. The Kier molecular flexibility index (Phi) is 9.98. The molecule has 29 heavy (non-hydrogen) atoms. The molecule has 0 aromatic carbocycles. The Morgan fingerprint density at radius 3 is 2.38 bits per heavy atom. The van der Waals surface area contributed by atoms with Gasteiger partial charge in [-0.15, -0.1) is 24.0 Å². The van der Waals surface area contributed by atoms with E-state index in [1.807, 2.05) is 0 Å². The molecule has 2 N–H and O–H groups in total. The van der Waals surface area contributed by atoms with Gasteiger partial charge < -0.3 is 15.5 Å². The van der Waals surface area contributed by atoms with Gasteiger partial charge in [0.1, 0.15) is 0 Å². The van der Waals surface area contributed by atoms with Gasteiger partial charge in [-0.2, -0.15) is 0 Å². The van der Waals surface area contributed by atoms with E-state index in [0.29, 0.717) is 11.9 Å². The summed E-state index contributed by atoms with van der Waals surface area (Å²) < 4.78 is 0. The fraction of sp³-hybridized carbons (Fsp3) is 0.909. The van der Waals surface area contributed by atoms with Crippen LogP contribution in [0.15, 0.2) is 4.99 Å². The molecule has 6 nitrogen and oxygen atoms in total. The molecule has 168 valence electrons. The van der Waals surface area contributed by atoms with Crippen LogP contribution in [0.25, 0.3) is 0 Å². The van der Waals surface area contributed by atoms with Crippen molar-refractivity contribution in [2.45, 2.75) is 83.7 Å². The van der Waals surface area contributed by atoms with Crippen molar-refractivity contribution in [3.05, 3.63) is 0 Å². The van der Waals surface area contributed by atoms with Crippen LogP contribution in [0.4, 0.5) is 0 Å². The average Bonchev–Trinajstić information content (AvgIpc) is 3.39. The molecule has 2 heterocycles. The summed E-state index contributed by atoms with van der Waals surface area (Å²) in [6.07, 6.45) is 9.59. The standard InChI is InChI=1S/C22H41N5O.HI/c1-4-23-21(24-17-22(2,3)27-13-8-5-9-14-27)25-19-12-15-26(16-19)20(28)18-10-6-7-11-18;/h18-19H,4-17H2,1-3H3,(H2,23,24,25);1H. The van der Waals surface area contributed by atoms with Gasteiger partial charge in [-0.3, -0.25) is 14.7 Å². The van der Waals surface area contributed by atoms with Crippen molar-refractivity contribution in [2.75, 3.05) is 39.3 Å². The van der Waals surface area contributed by atoms with Gasteiger partial charge in [0.15, 0.2) is 5.96 Å². The predicted molar refractivity (Wildman–Crippen MR) is 131 cm³/mol. The number of carbonyl (C=O) groups is 1. The average molecular weight is 520 g/mol. The number of nitrogens with zero attached hydrogens (tertiary/aromatic N) is 3. The summed E-state index contributed by atoms with van der Waals surface area (Å²) in [5.41, 5.74) is 0.0862. The number of hydrogen-bond donors (Lipinski definition) is 2. The van der Waals surface area contributed by atoms with Crippen LogP contribution in [0, 0.1) is 5.92 Å². The Bertz CT molecular complexity index is 541. The quantitative estimate of drug-likeness (QED) is 0.322. The molecular formula is C22H42IN5O. The molecule has 3 aliphatic rings. The summed E-state index contributed by atoms with van der Waals surface area (Å²) >= 11 is 0. The van der Waals surface area contributed by atoms with Crippen LogP contribution in [0.5, 0.6) is 0 Å². The van der Waals surface area contributed by atoms with Crippen LogP contribution in [-0.2, 0) is 4.79 Å². The largest absolute Gasteiger partial charge is 0.357 e. The van der Waals surface area contributed by atoms with Crippen LogP contribution in [0.2, 0.25) is 0 Å². The number of amides is 1. The lowest BCUT2D eigenvalue weighted by Gasteiger charge is -2.40. The minimum Gasteiger partial charge on any atom is -0.357 e. The smallest absolute Gasteiger partial charge is 0.225 e. The third kappa shape index (κ3) is 6.97. The summed E-state index contributed by atoms with van der Waals surface area (Å²) in [6.45, 7) is 12.4. The highest BCUT2D eigenvalue weighted by atomic mass is 127. The fourth-order valence-electron chi connectivity index (χ4n) is 4.89. The van der Waals surface area contributed by atoms with E-state index in [0.717, 1.165) is 51.4 Å². The zero-order valence-electron chi connectivity index (χ0n) is 18.7. The molecule has 0 aromatic rings. The van der Waals surface area contributed by atoms with Gasteiger partial charge in [0.05, 0.1) is 6.54 Å². The molecule has 2 aliphatic heterocycles. The van der Waals surface area contributed by atoms with Gasteiger partial charge in [-0.1, -0.05) is 19.3 Å². The number of piperidine rings is 1. The lowest BCUT2D eigenvalue weighted by atomic mass is 9.99. The molecule has 0 radical (unpaired) electrons. The number of aliphatic imine (C=N–C) groups is 1. The first-order chi connectivity index (χ1) is 13.5. The summed E-state index contributed by atoms with van der Waals surface area (Å²) in [5, 5.41) is 7.00. The third-order valence-electron chi connectivity index (χ3n) is 6.73. The number of nitrogens with one attached hydrogen (secondary N) is 2. The van der Waals surface area contributed by atoms with E-state index in [1.165, 1.54) is 45.2 Å². The van der Waals surface area contributed by atoms with Crippen molar-refractivity contribution in [1.29, 1.82) is 0 Å². The van der Waals surface area contributed by atoms with Gasteiger partial charge in [0.25, 0.3) is 0 Å². The van der Waals surface area contributed by atoms with Gasteiger partial charge in [-0.25, -0.2) is 0 Å². The van der Waals surface area contributed by atoms with E-state index in [9.17, 15) is 4.79 Å². The number of hydrogen-bond acceptors (Lipinski definition) is 3. The molecule has 1 unspecified atom stereocenters. The lowest BCUT2D eigenvalue weighted by molar-refractivity contribution is -0.134. The van der Waals surface area contributed by atoms with Crippen molar-refractivity contribution in [3.8, 4) is 0 Å². The second kappa shape index (κ2) is 11.7. The van der Waals surface area contributed by atoms with Gasteiger partial charge in [0, 0.05) is 37.1 Å². The zero-order valence-corrected chi connectivity index (χ0v) is 21.0. The highest BCUT2D eigenvalue weighted by Crippen LogP contribution is 2.28. The SMILES string of the molecule is CCNC(=NCC(C)(C)N1CCCCC1)NC1CCN(C(=O)C2CCCC2)C1.I. The maximum atomic E-state index is 12.7. The molecule has 3 rings (SSSR count). The molecule has 0 aromatic heterocycles. The molecule has 0 spiro atoms. The Balaban J connectivity index is 0.00000300. The second-order valence-electron chi connectivity index (χ2n) is 9.45. The highest BCUT2D eigenvalue weighted by Gasteiger charge is 2.33. The van der Waals surface area contributed by atoms with Crippen LogP contribution >= 0.6 is 24.0 Å². The number of halogens is 1. The Labute approximate surface area is 194 Å². The molecule has 1 aliphatic carbocycles. The highest BCUT2D eigenvalue weighted by molar-refractivity contribution is 14.0. The number of likely N-dealkylation sites (tertiary alicyclic amines) is 2. The molecule has 0 bridgehead atoms. The molecule has 1 amide bonds. The third-order valence-corrected chi connectivity index (χ3v) is 6.73. The second-order valence-corrected chi connectivity index (χ2v) is 9.45. The van der Waals surface area contributed by atoms with Gasteiger partial charge >= 0.3 is 0 Å². The first-order valence-electron chi connectivity index (χ1n) is 11.6. The Morgan fingerprint density at radius 1 is 1.03 bits per heavy atom. The van der Waals surface area contributed by atoms with Crippen molar-refractivity contribution >= 4 is 35.8 Å². The van der Waals surface area contributed by atoms with E-state index >= 15 is 0 Å². The monoisotopic (exact) mass is 519 g/mol. The molecular weight excluding hydrogens is 477 g/mol. The summed E-state index contributed by atoms with van der Waals surface area (Å²) in [6, 6.07) is 0.307. The first-order valence-corrected chi connectivity index (χ1v) is 11.6. The minimum absolute atomic E-state index is 0. The number of carbonyl (C=O) groups excluding carboxylic acids is 1. The van der Waals surface area contributed by atoms with E-state index in [1.54, 1.807) is 0 Å². The zero-order chi connectivity index (χ0) is 20.0. The van der Waals surface area contributed by atoms with Crippen molar-refractivity contribution in [1.82, 2.24) is 20.4 Å². The van der Waals surface area contributed by atoms with E-state index in [4.69, 9.17) is 4.99 Å². The van der Waals surface area contributed by atoms with Crippen molar-refractivity contribution < 1.29 is 4.79 Å². The minimum atomic E-state index is 0. The lowest BCUT2D eigenvalue weighted by Crippen LogP contribution is -2.50. The summed E-state index contributed by atoms with van der Waals surface area (Å²) in [4.78, 5) is 22.3. The van der Waals surface area contributed by atoms with Crippen LogP contribution < -0.4 is 10.6 Å². The van der Waals surface area contributed by atoms with Crippen LogP contribution in [0.3, 0.4) is 0 Å². The maximum Gasteiger partial charge on any atom is 0.225 e. The summed E-state index contributed by atoms with van der Waals surface area (Å²) in [5.74, 6) is 1.56. The maximum absolute atomic E-state index is 12.7. The normalized spacial score (nSPS) is 24.4. The fourth-order valence-corrected chi connectivity index (χ4v) is 4.89. The van der Waals surface area contributed by atoms with E-state index < -0.39 is 0 Å². The molecule has 7 heteroatoms. The van der Waals surface area contributed by atoms with Gasteiger partial charge in [-0.05, 0) is 66.0 Å². The van der Waals surface area contributed by atoms with E-state index in [-0.39, 0.29) is 35.4 Å². The Morgan fingerprint density at radius 2 is 1.72 bits per heavy atom. The van der Waals surface area contributed by atoms with Crippen LogP contribution in [0.1, 0.15) is 72.1 Å². The molecule has 2 saturated heterocycles. The van der Waals surface area contributed by atoms with Crippen molar-refractivity contribution in [2.24, 2.45) is 10.9 Å². The van der Waals surface area contributed by atoms with Crippen LogP contribution in [-0.4, -0.2) is 72.5 Å². The summed E-state index contributed by atoms with van der Waals surface area (Å²) in [7, 11) is 0. The molecule has 1 saturated carbocycles. The van der Waals surface area contributed by atoms with E-state index in [2.05, 4.69) is 41.2 Å². The molecule has 3 fully saturated rings. The van der Waals surface area contributed by atoms with Crippen molar-refractivity contribution in [3.63, 3.8) is 0 Å².